The molecule has 1 aliphatic carbocycles. The molecule has 2 rings (SSSR count). The second kappa shape index (κ2) is 9.16. The van der Waals surface area contributed by atoms with E-state index in [0.717, 1.165) is 17.6 Å². The normalized spacial score (nSPS) is 29.3. The van der Waals surface area contributed by atoms with E-state index in [1.54, 1.807) is 6.08 Å². The van der Waals surface area contributed by atoms with Crippen molar-refractivity contribution in [1.29, 1.82) is 0 Å². The van der Waals surface area contributed by atoms with Crippen molar-refractivity contribution in [2.24, 2.45) is 11.8 Å². The summed E-state index contributed by atoms with van der Waals surface area (Å²) < 4.78 is 11.2. The molecule has 0 N–H and O–H groups in total. The summed E-state index contributed by atoms with van der Waals surface area (Å²) in [7, 11) is 0. The van der Waals surface area contributed by atoms with Gasteiger partial charge in [-0.25, -0.2) is 4.79 Å². The van der Waals surface area contributed by atoms with Gasteiger partial charge in [-0.15, -0.1) is 0 Å². The van der Waals surface area contributed by atoms with E-state index < -0.39 is 18.2 Å². The fraction of sp³-hybridized carbons (Fsp3) is 0.591. The Balaban J connectivity index is 2.43. The molecule has 0 radical (unpaired) electrons. The molecule has 0 saturated carbocycles. The van der Waals surface area contributed by atoms with E-state index in [-0.39, 0.29) is 30.0 Å². The topological polar surface area (TPSA) is 69.7 Å². The molecule has 2 aliphatic rings. The molecule has 5 heteroatoms. The molecular weight excluding hydrogens is 344 g/mol. The number of esters is 2. The average Bonchev–Trinajstić information content (AvgIpc) is 2.85. The van der Waals surface area contributed by atoms with Gasteiger partial charge < -0.3 is 9.47 Å². The summed E-state index contributed by atoms with van der Waals surface area (Å²) in [6, 6.07) is 0. The highest BCUT2D eigenvalue weighted by Crippen LogP contribution is 2.34. The summed E-state index contributed by atoms with van der Waals surface area (Å²) in [6.45, 7) is 9.39. The largest absolute Gasteiger partial charge is 0.462 e. The van der Waals surface area contributed by atoms with Crippen LogP contribution in [0.2, 0.25) is 0 Å². The standard InChI is InChI=1S/C22H30O5/c1-13(2)21-19(26-16(5)23)10-15(4)8-6-7-14(3)9-18(24)11-17-12-20(21)27-22(17)25/h7-8,12-13,19-21H,6,9-11H2,1-5H3/b14-7?,15-8-/t19-,20-,21-/m1/s1. The zero-order valence-corrected chi connectivity index (χ0v) is 16.9. The Morgan fingerprint density at radius 2 is 1.81 bits per heavy atom. The Bertz CT molecular complexity index is 695. The van der Waals surface area contributed by atoms with E-state index in [2.05, 4.69) is 6.08 Å². The van der Waals surface area contributed by atoms with Crippen LogP contribution in [-0.4, -0.2) is 29.9 Å². The van der Waals surface area contributed by atoms with Gasteiger partial charge in [-0.1, -0.05) is 37.1 Å². The van der Waals surface area contributed by atoms with Gasteiger partial charge in [-0.3, -0.25) is 9.59 Å². The summed E-state index contributed by atoms with van der Waals surface area (Å²) in [5.74, 6) is -0.832. The highest BCUT2D eigenvalue weighted by Gasteiger charge is 2.40. The Morgan fingerprint density at radius 3 is 2.44 bits per heavy atom. The summed E-state index contributed by atoms with van der Waals surface area (Å²) in [4.78, 5) is 36.3. The van der Waals surface area contributed by atoms with E-state index in [9.17, 15) is 14.4 Å². The number of hydrogen-bond acceptors (Lipinski definition) is 5. The lowest BCUT2D eigenvalue weighted by Crippen LogP contribution is -2.38. The number of carbonyl (C=O) groups excluding carboxylic acids is 3. The van der Waals surface area contributed by atoms with Crippen LogP contribution in [0, 0.1) is 11.8 Å². The number of rotatable bonds is 2. The predicted molar refractivity (Wildman–Crippen MR) is 103 cm³/mol. The van der Waals surface area contributed by atoms with Crippen molar-refractivity contribution in [3.63, 3.8) is 0 Å². The minimum atomic E-state index is -0.489. The molecule has 0 fully saturated rings. The molecule has 0 aromatic heterocycles. The summed E-state index contributed by atoms with van der Waals surface area (Å²) in [6.07, 6.45) is 6.73. The van der Waals surface area contributed by atoms with Crippen molar-refractivity contribution in [2.75, 3.05) is 0 Å². The van der Waals surface area contributed by atoms with Crippen molar-refractivity contribution in [3.05, 3.63) is 34.9 Å². The molecule has 3 atom stereocenters. The number of ketones is 1. The zero-order valence-electron chi connectivity index (χ0n) is 16.9. The Labute approximate surface area is 161 Å². The van der Waals surface area contributed by atoms with Gasteiger partial charge in [0.25, 0.3) is 0 Å². The fourth-order valence-corrected chi connectivity index (χ4v) is 3.83. The van der Waals surface area contributed by atoms with Crippen LogP contribution in [0.15, 0.2) is 34.9 Å². The molecule has 148 valence electrons. The molecule has 0 amide bonds. The van der Waals surface area contributed by atoms with Crippen LogP contribution in [0.1, 0.15) is 60.3 Å². The number of hydrogen-bond donors (Lipinski definition) is 0. The van der Waals surface area contributed by atoms with E-state index in [0.29, 0.717) is 18.4 Å². The second-order valence-electron chi connectivity index (χ2n) is 7.96. The maximum Gasteiger partial charge on any atom is 0.334 e. The van der Waals surface area contributed by atoms with Crippen LogP contribution >= 0.6 is 0 Å². The van der Waals surface area contributed by atoms with Crippen LogP contribution in [0.5, 0.6) is 0 Å². The maximum absolute atomic E-state index is 12.3. The first kappa shape index (κ1) is 21.1. The van der Waals surface area contributed by atoms with Crippen molar-refractivity contribution < 1.29 is 23.9 Å². The molecule has 0 unspecified atom stereocenters. The van der Waals surface area contributed by atoms with Crippen LogP contribution in [0.4, 0.5) is 0 Å². The van der Waals surface area contributed by atoms with Gasteiger partial charge in [0, 0.05) is 37.7 Å². The second-order valence-corrected chi connectivity index (χ2v) is 7.96. The van der Waals surface area contributed by atoms with E-state index in [1.807, 2.05) is 33.8 Å². The van der Waals surface area contributed by atoms with E-state index >= 15 is 0 Å². The van der Waals surface area contributed by atoms with Crippen LogP contribution in [0.25, 0.3) is 0 Å². The van der Waals surface area contributed by atoms with Gasteiger partial charge in [0.15, 0.2) is 0 Å². The Kier molecular flexibility index (Phi) is 7.17. The van der Waals surface area contributed by atoms with Crippen LogP contribution < -0.4 is 0 Å². The molecule has 0 aromatic rings. The fourth-order valence-electron chi connectivity index (χ4n) is 3.83. The number of Topliss-reactive ketones (excluding diaryl/α,β-unsaturated/α-hetero) is 1. The first-order chi connectivity index (χ1) is 12.7. The molecule has 2 bridgehead atoms. The van der Waals surface area contributed by atoms with E-state index in [1.165, 1.54) is 6.92 Å². The average molecular weight is 374 g/mol. The van der Waals surface area contributed by atoms with Gasteiger partial charge in [-0.2, -0.15) is 0 Å². The first-order valence-corrected chi connectivity index (χ1v) is 9.59. The van der Waals surface area contributed by atoms with Crippen molar-refractivity contribution >= 4 is 17.7 Å². The maximum atomic E-state index is 12.3. The van der Waals surface area contributed by atoms with Crippen molar-refractivity contribution in [1.82, 2.24) is 0 Å². The lowest BCUT2D eigenvalue weighted by molar-refractivity contribution is -0.156. The van der Waals surface area contributed by atoms with E-state index in [4.69, 9.17) is 9.47 Å². The van der Waals surface area contributed by atoms with Gasteiger partial charge in [0.1, 0.15) is 18.0 Å². The van der Waals surface area contributed by atoms with Gasteiger partial charge in [0.05, 0.1) is 0 Å². The predicted octanol–water partition coefficient (Wildman–Crippen LogP) is 4.08. The lowest BCUT2D eigenvalue weighted by Gasteiger charge is -2.33. The molecule has 1 heterocycles. The quantitative estimate of drug-likeness (QED) is 0.538. The van der Waals surface area contributed by atoms with Crippen LogP contribution in [0.3, 0.4) is 0 Å². The third kappa shape index (κ3) is 5.91. The number of ether oxygens (including phenoxy) is 2. The van der Waals surface area contributed by atoms with Gasteiger partial charge in [-0.05, 0) is 32.3 Å². The van der Waals surface area contributed by atoms with Gasteiger partial charge in [0.2, 0.25) is 0 Å². The summed E-state index contributed by atoms with van der Waals surface area (Å²) in [5.41, 5.74) is 2.50. The third-order valence-corrected chi connectivity index (χ3v) is 5.09. The highest BCUT2D eigenvalue weighted by molar-refractivity contribution is 5.98. The smallest absolute Gasteiger partial charge is 0.334 e. The Hall–Kier alpha value is -2.17. The minimum Gasteiger partial charge on any atom is -0.462 e. The highest BCUT2D eigenvalue weighted by atomic mass is 16.6. The number of allylic oxidation sites excluding steroid dienone is 3. The summed E-state index contributed by atoms with van der Waals surface area (Å²) >= 11 is 0. The number of carbonyl (C=O) groups is 3. The minimum absolute atomic E-state index is 0.00277. The first-order valence-electron chi connectivity index (χ1n) is 9.59. The van der Waals surface area contributed by atoms with Crippen LogP contribution in [-0.2, 0) is 23.9 Å². The SMILES string of the molecule is CC(=O)O[C@@H]1C/C(C)=C\CC=C(C)CC(=O)CC2=C[C@@H](OC2=O)[C@@H]1C(C)C. The molecule has 0 saturated heterocycles. The Morgan fingerprint density at radius 1 is 1.15 bits per heavy atom. The molecular formula is C22H30O5. The number of fused-ring (bicyclic) bond motifs is 1. The molecule has 27 heavy (non-hydrogen) atoms. The molecule has 0 spiro atoms. The molecule has 0 aromatic carbocycles. The van der Waals surface area contributed by atoms with Crippen molar-refractivity contribution in [3.8, 4) is 0 Å². The zero-order chi connectivity index (χ0) is 20.1. The summed E-state index contributed by atoms with van der Waals surface area (Å²) in [5, 5.41) is 0. The van der Waals surface area contributed by atoms with Gasteiger partial charge >= 0.3 is 11.9 Å². The molecule has 1 aliphatic heterocycles. The molecule has 5 nitrogen and oxygen atoms in total. The third-order valence-electron chi connectivity index (χ3n) is 5.09. The lowest BCUT2D eigenvalue weighted by atomic mass is 9.82. The monoisotopic (exact) mass is 374 g/mol. The van der Waals surface area contributed by atoms with Crippen molar-refractivity contribution in [2.45, 2.75) is 72.5 Å².